The van der Waals surface area contributed by atoms with Crippen LogP contribution in [0.25, 0.3) is 10.9 Å². The first-order chi connectivity index (χ1) is 13.9. The molecule has 2 aromatic heterocycles. The number of carbonyl (C=O) groups excluding carboxylic acids is 1. The van der Waals surface area contributed by atoms with Crippen LogP contribution < -0.4 is 10.9 Å². The number of piperidine rings is 1. The van der Waals surface area contributed by atoms with Gasteiger partial charge in [0.25, 0.3) is 5.91 Å². The van der Waals surface area contributed by atoms with E-state index < -0.39 is 21.5 Å². The number of amides is 1. The lowest BCUT2D eigenvalue weighted by Crippen LogP contribution is -2.35. The van der Waals surface area contributed by atoms with E-state index in [-0.39, 0.29) is 17.0 Å². The van der Waals surface area contributed by atoms with Crippen LogP contribution >= 0.6 is 0 Å². The molecular weight excluding hydrogens is 394 g/mol. The number of hydrogen-bond acceptors (Lipinski definition) is 5. The normalized spacial score (nSPS) is 15.4. The molecule has 8 nitrogen and oxygen atoms in total. The molecule has 3 aromatic rings. The summed E-state index contributed by atoms with van der Waals surface area (Å²) in [7, 11) is -3.66. The summed E-state index contributed by atoms with van der Waals surface area (Å²) in [4.78, 5) is 27.5. The van der Waals surface area contributed by atoms with E-state index in [0.29, 0.717) is 29.8 Å². The smallest absolute Gasteiger partial charge is 0.252 e. The number of benzene rings is 1. The fraction of sp³-hybridized carbons (Fsp3) is 0.300. The fourth-order valence-corrected chi connectivity index (χ4v) is 5.06. The molecule has 1 aliphatic heterocycles. The summed E-state index contributed by atoms with van der Waals surface area (Å²) < 4.78 is 32.7. The van der Waals surface area contributed by atoms with Crippen LogP contribution in [-0.2, 0) is 16.6 Å². The molecule has 152 valence electrons. The van der Waals surface area contributed by atoms with Crippen LogP contribution in [0.5, 0.6) is 0 Å². The molecule has 29 heavy (non-hydrogen) atoms. The Labute approximate surface area is 167 Å². The number of aromatic nitrogens is 1. The van der Waals surface area contributed by atoms with Crippen LogP contribution in [0.15, 0.2) is 56.8 Å². The zero-order valence-electron chi connectivity index (χ0n) is 15.7. The van der Waals surface area contributed by atoms with Crippen molar-refractivity contribution in [3.63, 3.8) is 0 Å². The van der Waals surface area contributed by atoms with Gasteiger partial charge in [0.2, 0.25) is 15.6 Å². The third kappa shape index (κ3) is 3.96. The SMILES string of the molecule is O=C(NCc1ccco1)c1cc(=O)[nH]c2ccc(S(=O)(=O)N3CCCCC3)cc12. The first kappa shape index (κ1) is 19.4. The number of hydrogen-bond donors (Lipinski definition) is 2. The average molecular weight is 415 g/mol. The minimum Gasteiger partial charge on any atom is -0.467 e. The van der Waals surface area contributed by atoms with Crippen LogP contribution in [0, 0.1) is 0 Å². The van der Waals surface area contributed by atoms with Crippen LogP contribution in [0.3, 0.4) is 0 Å². The Balaban J connectivity index is 1.71. The van der Waals surface area contributed by atoms with Gasteiger partial charge in [-0.05, 0) is 43.2 Å². The third-order valence-corrected chi connectivity index (χ3v) is 6.91. The van der Waals surface area contributed by atoms with Crippen molar-refractivity contribution in [3.05, 3.63) is 64.3 Å². The summed E-state index contributed by atoms with van der Waals surface area (Å²) in [6.45, 7) is 1.14. The highest BCUT2D eigenvalue weighted by molar-refractivity contribution is 7.89. The monoisotopic (exact) mass is 415 g/mol. The lowest BCUT2D eigenvalue weighted by molar-refractivity contribution is 0.0949. The van der Waals surface area contributed by atoms with Gasteiger partial charge in [-0.1, -0.05) is 6.42 Å². The Morgan fingerprint density at radius 3 is 2.66 bits per heavy atom. The number of fused-ring (bicyclic) bond motifs is 1. The second-order valence-corrected chi connectivity index (χ2v) is 8.92. The summed E-state index contributed by atoms with van der Waals surface area (Å²) in [5.74, 6) is 0.0888. The molecule has 1 saturated heterocycles. The minimum absolute atomic E-state index is 0.110. The summed E-state index contributed by atoms with van der Waals surface area (Å²) >= 11 is 0. The molecule has 1 amide bonds. The number of nitrogens with one attached hydrogen (secondary N) is 2. The Morgan fingerprint density at radius 1 is 1.14 bits per heavy atom. The highest BCUT2D eigenvalue weighted by Crippen LogP contribution is 2.25. The van der Waals surface area contributed by atoms with Crippen LogP contribution in [0.1, 0.15) is 35.4 Å². The van der Waals surface area contributed by atoms with Crippen molar-refractivity contribution in [3.8, 4) is 0 Å². The summed E-state index contributed by atoms with van der Waals surface area (Å²) in [5, 5.41) is 3.07. The molecule has 2 N–H and O–H groups in total. The Hall–Kier alpha value is -2.91. The van der Waals surface area contributed by atoms with Crippen molar-refractivity contribution in [2.45, 2.75) is 30.7 Å². The molecule has 9 heteroatoms. The van der Waals surface area contributed by atoms with Crippen molar-refractivity contribution >= 4 is 26.8 Å². The highest BCUT2D eigenvalue weighted by Gasteiger charge is 2.26. The maximum Gasteiger partial charge on any atom is 0.252 e. The summed E-state index contributed by atoms with van der Waals surface area (Å²) in [6, 6.07) is 9.05. The van der Waals surface area contributed by atoms with E-state index in [1.54, 1.807) is 12.1 Å². The van der Waals surface area contributed by atoms with Gasteiger partial charge in [-0.3, -0.25) is 9.59 Å². The first-order valence-electron chi connectivity index (χ1n) is 9.43. The minimum atomic E-state index is -3.66. The molecule has 1 aliphatic rings. The molecule has 0 saturated carbocycles. The zero-order chi connectivity index (χ0) is 20.4. The van der Waals surface area contributed by atoms with Gasteiger partial charge in [0.15, 0.2) is 0 Å². The van der Waals surface area contributed by atoms with Gasteiger partial charge in [0, 0.05) is 30.1 Å². The Bertz CT molecular complexity index is 1190. The molecule has 0 unspecified atom stereocenters. The van der Waals surface area contributed by atoms with Gasteiger partial charge >= 0.3 is 0 Å². The molecular formula is C20H21N3O5S. The second-order valence-electron chi connectivity index (χ2n) is 6.98. The van der Waals surface area contributed by atoms with Crippen molar-refractivity contribution in [2.24, 2.45) is 0 Å². The lowest BCUT2D eigenvalue weighted by atomic mass is 10.1. The predicted molar refractivity (Wildman–Crippen MR) is 107 cm³/mol. The maximum absolute atomic E-state index is 13.0. The van der Waals surface area contributed by atoms with E-state index in [1.165, 1.54) is 34.8 Å². The molecule has 1 aromatic carbocycles. The Morgan fingerprint density at radius 2 is 1.93 bits per heavy atom. The number of H-pyrrole nitrogens is 1. The maximum atomic E-state index is 13.0. The van der Waals surface area contributed by atoms with E-state index in [9.17, 15) is 18.0 Å². The number of furan rings is 1. The van der Waals surface area contributed by atoms with Crippen LogP contribution in [-0.4, -0.2) is 36.7 Å². The van der Waals surface area contributed by atoms with Gasteiger partial charge < -0.3 is 14.7 Å². The fourth-order valence-electron chi connectivity index (χ4n) is 3.51. The average Bonchev–Trinajstić information content (AvgIpc) is 3.25. The second kappa shape index (κ2) is 7.84. The molecule has 0 bridgehead atoms. The largest absolute Gasteiger partial charge is 0.467 e. The number of nitrogens with zero attached hydrogens (tertiary/aromatic N) is 1. The van der Waals surface area contributed by atoms with Gasteiger partial charge in [0.05, 0.1) is 23.3 Å². The van der Waals surface area contributed by atoms with E-state index in [0.717, 1.165) is 19.3 Å². The van der Waals surface area contributed by atoms with Gasteiger partial charge in [0.1, 0.15) is 5.76 Å². The standard InChI is InChI=1S/C20H21N3O5S/c24-19-12-17(20(25)21-13-14-5-4-10-28-14)16-11-15(6-7-18(16)22-19)29(26,27)23-8-2-1-3-9-23/h4-7,10-12H,1-3,8-9,13H2,(H,21,25)(H,22,24). The number of carbonyl (C=O) groups is 1. The van der Waals surface area contributed by atoms with Crippen LogP contribution in [0.2, 0.25) is 0 Å². The Kier molecular flexibility index (Phi) is 5.25. The van der Waals surface area contributed by atoms with Crippen molar-refractivity contribution in [1.82, 2.24) is 14.6 Å². The molecule has 4 rings (SSSR count). The lowest BCUT2D eigenvalue weighted by Gasteiger charge is -2.26. The predicted octanol–water partition coefficient (Wildman–Crippen LogP) is 2.23. The zero-order valence-corrected chi connectivity index (χ0v) is 16.5. The molecule has 0 aliphatic carbocycles. The molecule has 3 heterocycles. The van der Waals surface area contributed by atoms with Gasteiger partial charge in [-0.15, -0.1) is 0 Å². The number of pyridine rings is 1. The quantitative estimate of drug-likeness (QED) is 0.664. The molecule has 0 atom stereocenters. The summed E-state index contributed by atoms with van der Waals surface area (Å²) in [5.41, 5.74) is 0.0801. The third-order valence-electron chi connectivity index (χ3n) is 5.02. The molecule has 0 spiro atoms. The number of rotatable bonds is 5. The van der Waals surface area contributed by atoms with E-state index in [1.807, 2.05) is 0 Å². The van der Waals surface area contributed by atoms with Crippen LogP contribution in [0.4, 0.5) is 0 Å². The van der Waals surface area contributed by atoms with Gasteiger partial charge in [-0.2, -0.15) is 4.31 Å². The molecule has 0 radical (unpaired) electrons. The van der Waals surface area contributed by atoms with E-state index in [4.69, 9.17) is 4.42 Å². The highest BCUT2D eigenvalue weighted by atomic mass is 32.2. The van der Waals surface area contributed by atoms with Crippen molar-refractivity contribution in [2.75, 3.05) is 13.1 Å². The number of aromatic amines is 1. The topological polar surface area (TPSA) is 112 Å². The van der Waals surface area contributed by atoms with E-state index >= 15 is 0 Å². The molecule has 1 fully saturated rings. The summed E-state index contributed by atoms with van der Waals surface area (Å²) in [6.07, 6.45) is 4.19. The van der Waals surface area contributed by atoms with E-state index in [2.05, 4.69) is 10.3 Å². The van der Waals surface area contributed by atoms with Crippen molar-refractivity contribution < 1.29 is 17.6 Å². The number of sulfonamides is 1. The van der Waals surface area contributed by atoms with Crippen molar-refractivity contribution in [1.29, 1.82) is 0 Å². The first-order valence-corrected chi connectivity index (χ1v) is 10.9. The van der Waals surface area contributed by atoms with Gasteiger partial charge in [-0.25, -0.2) is 8.42 Å².